The SMILES string of the molecule is Cc1ccc(S(=O)(=O)N2C[C@H](C(=O)Nc3nnc(-c4ccccc4)s3)Oc3ccccc32)cc1. The molecule has 3 aromatic carbocycles. The van der Waals surface area contributed by atoms with Gasteiger partial charge in [-0.25, -0.2) is 8.42 Å². The highest BCUT2D eigenvalue weighted by Gasteiger charge is 2.37. The van der Waals surface area contributed by atoms with Crippen LogP contribution in [-0.2, 0) is 14.8 Å². The number of carbonyl (C=O) groups excluding carboxylic acids is 1. The number of hydrogen-bond acceptors (Lipinski definition) is 7. The first-order valence-corrected chi connectivity index (χ1v) is 12.7. The number of para-hydroxylation sites is 2. The van der Waals surface area contributed by atoms with Crippen LogP contribution in [0.1, 0.15) is 5.56 Å². The smallest absolute Gasteiger partial charge is 0.269 e. The average Bonchev–Trinajstić information content (AvgIpc) is 3.32. The highest BCUT2D eigenvalue weighted by Crippen LogP contribution is 2.37. The van der Waals surface area contributed by atoms with Crippen LogP contribution in [-0.4, -0.2) is 37.2 Å². The minimum atomic E-state index is -3.92. The third-order valence-electron chi connectivity index (χ3n) is 5.31. The van der Waals surface area contributed by atoms with Gasteiger partial charge < -0.3 is 4.74 Å². The van der Waals surface area contributed by atoms with Crippen LogP contribution >= 0.6 is 11.3 Å². The monoisotopic (exact) mass is 492 g/mol. The Kier molecular flexibility index (Phi) is 5.76. The molecule has 2 heterocycles. The molecule has 0 saturated heterocycles. The number of anilines is 2. The van der Waals surface area contributed by atoms with E-state index >= 15 is 0 Å². The Morgan fingerprint density at radius 1 is 1.00 bits per heavy atom. The predicted octanol–water partition coefficient (Wildman–Crippen LogP) is 4.11. The summed E-state index contributed by atoms with van der Waals surface area (Å²) < 4.78 is 34.0. The first kappa shape index (κ1) is 22.1. The molecular weight excluding hydrogens is 472 g/mol. The zero-order chi connectivity index (χ0) is 23.7. The van der Waals surface area contributed by atoms with E-state index in [1.165, 1.54) is 15.6 Å². The Balaban J connectivity index is 1.41. The van der Waals surface area contributed by atoms with Crippen LogP contribution < -0.4 is 14.4 Å². The van der Waals surface area contributed by atoms with E-state index in [0.29, 0.717) is 21.6 Å². The van der Waals surface area contributed by atoms with E-state index < -0.39 is 22.0 Å². The Morgan fingerprint density at radius 2 is 1.71 bits per heavy atom. The lowest BCUT2D eigenvalue weighted by atomic mass is 10.2. The Hall–Kier alpha value is -3.76. The standard InChI is InChI=1S/C24H20N4O4S2/c1-16-11-13-18(14-12-16)34(30,31)28-15-21(32-20-10-6-5-9-19(20)28)22(29)25-24-27-26-23(33-24)17-7-3-2-4-8-17/h2-14,21H,15H2,1H3,(H,25,27,29)/t21-/m1/s1. The molecule has 34 heavy (non-hydrogen) atoms. The van der Waals surface area contributed by atoms with Crippen molar-refractivity contribution in [3.05, 3.63) is 84.4 Å². The molecule has 0 radical (unpaired) electrons. The van der Waals surface area contributed by atoms with Crippen LogP contribution in [0.4, 0.5) is 10.8 Å². The third kappa shape index (κ3) is 4.25. The molecule has 8 nitrogen and oxygen atoms in total. The second-order valence-electron chi connectivity index (χ2n) is 7.69. The molecule has 10 heteroatoms. The fraction of sp³-hybridized carbons (Fsp3) is 0.125. The second kappa shape index (κ2) is 8.88. The maximum absolute atomic E-state index is 13.5. The van der Waals surface area contributed by atoms with Crippen molar-refractivity contribution in [2.24, 2.45) is 0 Å². The molecule has 172 valence electrons. The first-order chi connectivity index (χ1) is 16.4. The van der Waals surface area contributed by atoms with Crippen LogP contribution in [0.5, 0.6) is 5.75 Å². The van der Waals surface area contributed by atoms with Crippen molar-refractivity contribution >= 4 is 38.1 Å². The zero-order valence-electron chi connectivity index (χ0n) is 18.1. The van der Waals surface area contributed by atoms with Gasteiger partial charge in [-0.1, -0.05) is 71.5 Å². The minimum absolute atomic E-state index is 0.144. The molecule has 1 aliphatic heterocycles. The number of hydrogen-bond donors (Lipinski definition) is 1. The fourth-order valence-corrected chi connectivity index (χ4v) is 5.79. The summed E-state index contributed by atoms with van der Waals surface area (Å²) in [6, 6.07) is 22.9. The number of carbonyl (C=O) groups is 1. The molecule has 0 fully saturated rings. The van der Waals surface area contributed by atoms with Crippen LogP contribution in [0.15, 0.2) is 83.8 Å². The number of nitrogens with one attached hydrogen (secondary N) is 1. The van der Waals surface area contributed by atoms with E-state index in [4.69, 9.17) is 4.74 Å². The maximum Gasteiger partial charge on any atom is 0.269 e. The van der Waals surface area contributed by atoms with E-state index in [1.54, 1.807) is 48.5 Å². The molecule has 5 rings (SSSR count). The van der Waals surface area contributed by atoms with E-state index in [1.807, 2.05) is 37.3 Å². The molecule has 1 N–H and O–H groups in total. The normalized spacial score (nSPS) is 15.3. The number of aryl methyl sites for hydroxylation is 1. The second-order valence-corrected chi connectivity index (χ2v) is 10.5. The number of rotatable bonds is 5. The summed E-state index contributed by atoms with van der Waals surface area (Å²) in [5.74, 6) is -0.193. The van der Waals surface area contributed by atoms with E-state index in [9.17, 15) is 13.2 Å². The highest BCUT2D eigenvalue weighted by molar-refractivity contribution is 7.92. The van der Waals surface area contributed by atoms with E-state index in [-0.39, 0.29) is 11.4 Å². The first-order valence-electron chi connectivity index (χ1n) is 10.5. The number of aromatic nitrogens is 2. The largest absolute Gasteiger partial charge is 0.476 e. The molecule has 1 aliphatic rings. The molecule has 0 aliphatic carbocycles. The van der Waals surface area contributed by atoms with Gasteiger partial charge in [0, 0.05) is 5.56 Å². The molecule has 1 amide bonds. The Morgan fingerprint density at radius 3 is 2.47 bits per heavy atom. The van der Waals surface area contributed by atoms with Crippen molar-refractivity contribution in [2.75, 3.05) is 16.2 Å². The van der Waals surface area contributed by atoms with Gasteiger partial charge >= 0.3 is 0 Å². The molecule has 0 unspecified atom stereocenters. The lowest BCUT2D eigenvalue weighted by molar-refractivity contribution is -0.122. The zero-order valence-corrected chi connectivity index (χ0v) is 19.7. The lowest BCUT2D eigenvalue weighted by Crippen LogP contribution is -2.48. The third-order valence-corrected chi connectivity index (χ3v) is 7.99. The van der Waals surface area contributed by atoms with Crippen LogP contribution in [0.3, 0.4) is 0 Å². The summed E-state index contributed by atoms with van der Waals surface area (Å²) in [7, 11) is -3.92. The van der Waals surface area contributed by atoms with Gasteiger partial charge in [0.2, 0.25) is 5.13 Å². The summed E-state index contributed by atoms with van der Waals surface area (Å²) in [6.07, 6.45) is -1.07. The van der Waals surface area contributed by atoms with Crippen molar-refractivity contribution in [3.8, 4) is 16.3 Å². The number of sulfonamides is 1. The van der Waals surface area contributed by atoms with Gasteiger partial charge in [-0.15, -0.1) is 10.2 Å². The van der Waals surface area contributed by atoms with Gasteiger partial charge in [-0.05, 0) is 31.2 Å². The topological polar surface area (TPSA) is 101 Å². The van der Waals surface area contributed by atoms with Crippen molar-refractivity contribution in [1.29, 1.82) is 0 Å². The minimum Gasteiger partial charge on any atom is -0.476 e. The van der Waals surface area contributed by atoms with Crippen molar-refractivity contribution in [3.63, 3.8) is 0 Å². The maximum atomic E-state index is 13.5. The predicted molar refractivity (Wildman–Crippen MR) is 131 cm³/mol. The summed E-state index contributed by atoms with van der Waals surface area (Å²) >= 11 is 1.23. The molecule has 0 spiro atoms. The summed E-state index contributed by atoms with van der Waals surface area (Å²) in [4.78, 5) is 13.2. The summed E-state index contributed by atoms with van der Waals surface area (Å²) in [5, 5.41) is 11.9. The molecule has 1 atom stereocenters. The van der Waals surface area contributed by atoms with Gasteiger partial charge in [-0.2, -0.15) is 0 Å². The number of fused-ring (bicyclic) bond motifs is 1. The Labute approximate surface area is 200 Å². The van der Waals surface area contributed by atoms with Crippen molar-refractivity contribution in [2.45, 2.75) is 17.9 Å². The fourth-order valence-electron chi connectivity index (χ4n) is 3.56. The Bertz CT molecular complexity index is 1440. The lowest BCUT2D eigenvalue weighted by Gasteiger charge is -2.34. The van der Waals surface area contributed by atoms with Gasteiger partial charge in [0.25, 0.3) is 15.9 Å². The number of benzene rings is 3. The molecule has 0 saturated carbocycles. The van der Waals surface area contributed by atoms with Crippen LogP contribution in [0.25, 0.3) is 10.6 Å². The van der Waals surface area contributed by atoms with Crippen LogP contribution in [0.2, 0.25) is 0 Å². The quantitative estimate of drug-likeness (QED) is 0.450. The van der Waals surface area contributed by atoms with Gasteiger partial charge in [0.15, 0.2) is 6.10 Å². The number of amides is 1. The van der Waals surface area contributed by atoms with Crippen molar-refractivity contribution in [1.82, 2.24) is 10.2 Å². The average molecular weight is 493 g/mol. The molecule has 1 aromatic heterocycles. The van der Waals surface area contributed by atoms with Crippen molar-refractivity contribution < 1.29 is 17.9 Å². The summed E-state index contributed by atoms with van der Waals surface area (Å²) in [5.41, 5.74) is 2.22. The number of ether oxygens (including phenoxy) is 1. The van der Waals surface area contributed by atoms with E-state index in [0.717, 1.165) is 11.1 Å². The number of nitrogens with zero attached hydrogens (tertiary/aromatic N) is 3. The van der Waals surface area contributed by atoms with Gasteiger partial charge in [0.05, 0.1) is 17.1 Å². The van der Waals surface area contributed by atoms with Gasteiger partial charge in [-0.3, -0.25) is 14.4 Å². The van der Waals surface area contributed by atoms with E-state index in [2.05, 4.69) is 15.5 Å². The summed E-state index contributed by atoms with van der Waals surface area (Å²) in [6.45, 7) is 1.71. The molecule has 4 aromatic rings. The van der Waals surface area contributed by atoms with Gasteiger partial charge in [0.1, 0.15) is 10.8 Å². The molecular formula is C24H20N4O4S2. The van der Waals surface area contributed by atoms with Crippen LogP contribution in [0, 0.1) is 6.92 Å². The molecule has 0 bridgehead atoms. The highest BCUT2D eigenvalue weighted by atomic mass is 32.2.